The molecule has 0 bridgehead atoms. The Balaban J connectivity index is 3.57. The van der Waals surface area contributed by atoms with Crippen molar-refractivity contribution in [1.82, 2.24) is 0 Å². The molecule has 1 rings (SSSR count). The Morgan fingerprint density at radius 3 is 1.90 bits per heavy atom. The molecule has 0 atom stereocenters. The van der Waals surface area contributed by atoms with Gasteiger partial charge in [0.1, 0.15) is 0 Å². The van der Waals surface area contributed by atoms with Gasteiger partial charge in [0, 0.05) is 9.81 Å². The molecule has 0 aromatic heterocycles. The molecule has 0 amide bonds. The number of carboxylic acid groups (broad SMARTS) is 2. The third-order valence-electron chi connectivity index (χ3n) is 2.45. The first-order valence-electron chi connectivity index (χ1n) is 5.57. The van der Waals surface area contributed by atoms with Gasteiger partial charge in [-0.15, -0.1) is 23.5 Å². The van der Waals surface area contributed by atoms with Crippen molar-refractivity contribution in [3.05, 3.63) is 51.8 Å². The van der Waals surface area contributed by atoms with Gasteiger partial charge in [0.05, 0.1) is 0 Å². The number of rotatable bonds is 6. The zero-order valence-electron chi connectivity index (χ0n) is 11.0. The molecule has 0 aliphatic carbocycles. The van der Waals surface area contributed by atoms with E-state index in [1.54, 1.807) is 36.4 Å². The number of thioether (sulfide) groups is 2. The second kappa shape index (κ2) is 7.81. The summed E-state index contributed by atoms with van der Waals surface area (Å²) in [6.07, 6.45) is 5.31. The highest BCUT2D eigenvalue weighted by atomic mass is 32.2. The van der Waals surface area contributed by atoms with Crippen LogP contribution in [-0.4, -0.2) is 34.7 Å². The minimum absolute atomic E-state index is 0.198. The second-order valence-corrected chi connectivity index (χ2v) is 5.59. The van der Waals surface area contributed by atoms with Crippen molar-refractivity contribution in [3.63, 3.8) is 0 Å². The van der Waals surface area contributed by atoms with Gasteiger partial charge in [-0.25, -0.2) is 9.59 Å². The number of hydrogen-bond donors (Lipinski definition) is 2. The van der Waals surface area contributed by atoms with Crippen molar-refractivity contribution >= 4 is 41.0 Å². The number of carbonyl (C=O) groups is 2. The summed E-state index contributed by atoms with van der Waals surface area (Å²) in [4.78, 5) is 22.5. The largest absolute Gasteiger partial charge is 0.477 e. The number of aliphatic carboxylic acids is 2. The Morgan fingerprint density at radius 2 is 1.50 bits per heavy atom. The molecule has 0 aliphatic rings. The fourth-order valence-electron chi connectivity index (χ4n) is 1.56. The molecule has 0 heterocycles. The van der Waals surface area contributed by atoms with Crippen LogP contribution in [-0.2, 0) is 9.59 Å². The van der Waals surface area contributed by atoms with E-state index in [9.17, 15) is 9.59 Å². The number of hydrogen-bond acceptors (Lipinski definition) is 4. The number of allylic oxidation sites excluding steroid dienone is 2. The van der Waals surface area contributed by atoms with Crippen LogP contribution in [0.3, 0.4) is 0 Å². The summed E-state index contributed by atoms with van der Waals surface area (Å²) >= 11 is 2.88. The highest BCUT2D eigenvalue weighted by Gasteiger charge is 2.22. The van der Waals surface area contributed by atoms with E-state index in [1.807, 2.05) is 12.5 Å². The first kappa shape index (κ1) is 16.4. The van der Waals surface area contributed by atoms with E-state index in [0.717, 1.165) is 4.24 Å². The summed E-state index contributed by atoms with van der Waals surface area (Å²) in [5.74, 6) is -2.90. The second-order valence-electron chi connectivity index (χ2n) is 3.64. The van der Waals surface area contributed by atoms with Crippen molar-refractivity contribution in [2.75, 3.05) is 12.5 Å². The highest BCUT2D eigenvalue weighted by Crippen LogP contribution is 2.30. The normalized spacial score (nSPS) is 9.70. The van der Waals surface area contributed by atoms with Crippen LogP contribution in [0.4, 0.5) is 0 Å². The summed E-state index contributed by atoms with van der Waals surface area (Å²) in [6, 6.07) is 8.65. The Labute approximate surface area is 125 Å². The van der Waals surface area contributed by atoms with Gasteiger partial charge in [-0.1, -0.05) is 30.3 Å². The molecular weight excluding hydrogens is 296 g/mol. The Hall–Kier alpha value is -1.66. The van der Waals surface area contributed by atoms with Gasteiger partial charge in [-0.3, -0.25) is 0 Å². The van der Waals surface area contributed by atoms with Crippen molar-refractivity contribution in [2.45, 2.75) is 0 Å². The van der Waals surface area contributed by atoms with E-state index in [2.05, 4.69) is 0 Å². The minimum atomic E-state index is -1.45. The summed E-state index contributed by atoms with van der Waals surface area (Å²) in [5.41, 5.74) is 0.133. The van der Waals surface area contributed by atoms with Gasteiger partial charge in [0.25, 0.3) is 0 Å². The van der Waals surface area contributed by atoms with Gasteiger partial charge < -0.3 is 10.2 Å². The van der Waals surface area contributed by atoms with Crippen LogP contribution >= 0.6 is 23.5 Å². The molecule has 20 heavy (non-hydrogen) atoms. The molecule has 1 aromatic carbocycles. The molecule has 0 saturated carbocycles. The summed E-state index contributed by atoms with van der Waals surface area (Å²) in [7, 11) is 0. The Morgan fingerprint density at radius 1 is 1.00 bits per heavy atom. The average Bonchev–Trinajstić information content (AvgIpc) is 2.43. The highest BCUT2D eigenvalue weighted by molar-refractivity contribution is 8.21. The molecule has 106 valence electrons. The lowest BCUT2D eigenvalue weighted by Crippen LogP contribution is -2.13. The molecular formula is C14H14O4S2. The molecule has 0 aliphatic heterocycles. The Kier molecular flexibility index (Phi) is 6.41. The summed E-state index contributed by atoms with van der Waals surface area (Å²) in [6.45, 7) is 0. The lowest BCUT2D eigenvalue weighted by molar-refractivity contribution is -0.140. The molecule has 0 saturated heterocycles. The third kappa shape index (κ3) is 4.18. The molecule has 0 fully saturated rings. The standard InChI is InChI=1S/C14H14O4S2/c1-19-11(20-2)8-10(9-6-4-3-5-7-9)12(13(15)16)14(17)18/h3-8H,1-2H3,(H,15,16)(H,17,18). The van der Waals surface area contributed by atoms with Crippen molar-refractivity contribution < 1.29 is 19.8 Å². The smallest absolute Gasteiger partial charge is 0.343 e. The van der Waals surface area contributed by atoms with Gasteiger partial charge in [-0.05, 0) is 24.2 Å². The zero-order chi connectivity index (χ0) is 15.1. The predicted octanol–water partition coefficient (Wildman–Crippen LogP) is 3.18. The quantitative estimate of drug-likeness (QED) is 0.364. The third-order valence-corrected chi connectivity index (χ3v) is 4.49. The number of benzene rings is 1. The van der Waals surface area contributed by atoms with E-state index in [0.29, 0.717) is 5.56 Å². The van der Waals surface area contributed by atoms with Crippen LogP contribution in [0.25, 0.3) is 5.57 Å². The maximum Gasteiger partial charge on any atom is 0.343 e. The van der Waals surface area contributed by atoms with E-state index < -0.39 is 17.5 Å². The van der Waals surface area contributed by atoms with Crippen molar-refractivity contribution in [3.8, 4) is 0 Å². The van der Waals surface area contributed by atoms with Crippen LogP contribution in [0.1, 0.15) is 5.56 Å². The fourth-order valence-corrected chi connectivity index (χ4v) is 2.70. The SMILES string of the molecule is CSC(=CC(=C(C(=O)O)C(=O)O)c1ccccc1)SC. The van der Waals surface area contributed by atoms with E-state index in [-0.39, 0.29) is 5.57 Å². The fraction of sp³-hybridized carbons (Fsp3) is 0.143. The van der Waals surface area contributed by atoms with Gasteiger partial charge in [-0.2, -0.15) is 0 Å². The van der Waals surface area contributed by atoms with Crippen LogP contribution < -0.4 is 0 Å². The molecule has 0 unspecified atom stereocenters. The zero-order valence-corrected chi connectivity index (χ0v) is 12.6. The maximum absolute atomic E-state index is 11.2. The summed E-state index contributed by atoms with van der Waals surface area (Å²) in [5, 5.41) is 18.3. The van der Waals surface area contributed by atoms with E-state index in [4.69, 9.17) is 10.2 Å². The lowest BCUT2D eigenvalue weighted by atomic mass is 10.00. The van der Waals surface area contributed by atoms with Crippen LogP contribution in [0, 0.1) is 0 Å². The maximum atomic E-state index is 11.2. The van der Waals surface area contributed by atoms with Gasteiger partial charge in [0.15, 0.2) is 5.57 Å². The molecule has 0 radical (unpaired) electrons. The molecule has 2 N–H and O–H groups in total. The van der Waals surface area contributed by atoms with Crippen molar-refractivity contribution in [1.29, 1.82) is 0 Å². The van der Waals surface area contributed by atoms with Gasteiger partial charge in [0.2, 0.25) is 0 Å². The Bertz CT molecular complexity index is 540. The topological polar surface area (TPSA) is 74.6 Å². The predicted molar refractivity (Wildman–Crippen MR) is 83.7 cm³/mol. The molecule has 6 heteroatoms. The van der Waals surface area contributed by atoms with Crippen LogP contribution in [0.2, 0.25) is 0 Å². The van der Waals surface area contributed by atoms with E-state index in [1.165, 1.54) is 23.5 Å². The number of carboxylic acids is 2. The molecule has 1 aromatic rings. The van der Waals surface area contributed by atoms with Crippen molar-refractivity contribution in [2.24, 2.45) is 0 Å². The van der Waals surface area contributed by atoms with Crippen LogP contribution in [0.15, 0.2) is 46.2 Å². The van der Waals surface area contributed by atoms with Gasteiger partial charge >= 0.3 is 11.9 Å². The molecule has 4 nitrogen and oxygen atoms in total. The monoisotopic (exact) mass is 310 g/mol. The first-order valence-corrected chi connectivity index (χ1v) is 8.02. The van der Waals surface area contributed by atoms with Crippen LogP contribution in [0.5, 0.6) is 0 Å². The lowest BCUT2D eigenvalue weighted by Gasteiger charge is -2.08. The average molecular weight is 310 g/mol. The first-order chi connectivity index (χ1) is 9.51. The minimum Gasteiger partial charge on any atom is -0.477 e. The van der Waals surface area contributed by atoms with E-state index >= 15 is 0 Å². The molecule has 0 spiro atoms. The summed E-state index contributed by atoms with van der Waals surface area (Å²) < 4.78 is 0.837.